The molecule has 1 fully saturated rings. The van der Waals surface area contributed by atoms with Crippen LogP contribution in [0.1, 0.15) is 36.5 Å². The van der Waals surface area contributed by atoms with E-state index in [1.165, 1.54) is 6.42 Å². The Hall–Kier alpha value is -2.29. The number of likely N-dealkylation sites (tertiary alicyclic amines) is 1. The molecular formula is C19H22N2O. The lowest BCUT2D eigenvalue weighted by Gasteiger charge is -2.34. The Balaban J connectivity index is 2.04. The van der Waals surface area contributed by atoms with E-state index in [1.807, 2.05) is 53.4 Å². The summed E-state index contributed by atoms with van der Waals surface area (Å²) >= 11 is 0. The summed E-state index contributed by atoms with van der Waals surface area (Å²) in [6.07, 6.45) is 3.36. The minimum atomic E-state index is 0.0957. The maximum Gasteiger partial charge on any atom is 0.254 e. The van der Waals surface area contributed by atoms with E-state index in [0.29, 0.717) is 17.3 Å². The molecule has 1 amide bonds. The molecule has 2 aromatic carbocycles. The molecule has 0 spiro atoms. The summed E-state index contributed by atoms with van der Waals surface area (Å²) in [6.45, 7) is 2.97. The molecule has 1 aliphatic heterocycles. The zero-order valence-corrected chi connectivity index (χ0v) is 13.0. The second kappa shape index (κ2) is 6.22. The molecule has 0 aliphatic carbocycles. The van der Waals surface area contributed by atoms with Gasteiger partial charge in [-0.3, -0.25) is 4.79 Å². The molecule has 3 heteroatoms. The first kappa shape index (κ1) is 14.6. The van der Waals surface area contributed by atoms with Crippen molar-refractivity contribution >= 4 is 11.6 Å². The van der Waals surface area contributed by atoms with Crippen LogP contribution in [0, 0.1) is 0 Å². The normalized spacial score (nSPS) is 18.2. The zero-order valence-electron chi connectivity index (χ0n) is 13.0. The van der Waals surface area contributed by atoms with Crippen molar-refractivity contribution in [2.45, 2.75) is 32.2 Å². The van der Waals surface area contributed by atoms with Crippen molar-refractivity contribution in [3.8, 4) is 11.1 Å². The molecule has 22 heavy (non-hydrogen) atoms. The first-order valence-electron chi connectivity index (χ1n) is 7.93. The Morgan fingerprint density at radius 3 is 2.59 bits per heavy atom. The molecule has 1 atom stereocenters. The standard InChI is InChI=1S/C19H22N2O/c1-14-8-5-6-13-21(14)19(22)16-11-7-12-17(20)18(16)15-9-3-2-4-10-15/h2-4,7,9-12,14H,5-6,8,13,20H2,1H3. The Bertz CT molecular complexity index is 666. The molecule has 0 bridgehead atoms. The molecule has 114 valence electrons. The average Bonchev–Trinajstić information content (AvgIpc) is 2.55. The fourth-order valence-corrected chi connectivity index (χ4v) is 3.23. The van der Waals surface area contributed by atoms with Gasteiger partial charge in [0.2, 0.25) is 0 Å². The van der Waals surface area contributed by atoms with E-state index in [1.54, 1.807) is 0 Å². The third-order valence-corrected chi connectivity index (χ3v) is 4.45. The molecule has 1 unspecified atom stereocenters. The Morgan fingerprint density at radius 1 is 1.09 bits per heavy atom. The second-order valence-electron chi connectivity index (χ2n) is 5.98. The van der Waals surface area contributed by atoms with Gasteiger partial charge in [-0.15, -0.1) is 0 Å². The van der Waals surface area contributed by atoms with Crippen LogP contribution in [0.2, 0.25) is 0 Å². The van der Waals surface area contributed by atoms with Crippen LogP contribution in [0.5, 0.6) is 0 Å². The summed E-state index contributed by atoms with van der Waals surface area (Å²) in [5.41, 5.74) is 9.39. The first-order chi connectivity index (χ1) is 10.7. The number of amides is 1. The van der Waals surface area contributed by atoms with Crippen molar-refractivity contribution in [1.29, 1.82) is 0 Å². The predicted molar refractivity (Wildman–Crippen MR) is 90.6 cm³/mol. The topological polar surface area (TPSA) is 46.3 Å². The quantitative estimate of drug-likeness (QED) is 0.852. The van der Waals surface area contributed by atoms with E-state index in [2.05, 4.69) is 6.92 Å². The van der Waals surface area contributed by atoms with E-state index in [9.17, 15) is 4.79 Å². The van der Waals surface area contributed by atoms with E-state index < -0.39 is 0 Å². The van der Waals surface area contributed by atoms with Crippen molar-refractivity contribution in [3.63, 3.8) is 0 Å². The van der Waals surface area contributed by atoms with E-state index in [-0.39, 0.29) is 5.91 Å². The number of hydrogen-bond donors (Lipinski definition) is 1. The second-order valence-corrected chi connectivity index (χ2v) is 5.98. The number of anilines is 1. The highest BCUT2D eigenvalue weighted by Crippen LogP contribution is 2.31. The van der Waals surface area contributed by atoms with Gasteiger partial charge in [-0.05, 0) is 43.9 Å². The number of piperidine rings is 1. The van der Waals surface area contributed by atoms with Gasteiger partial charge in [0.1, 0.15) is 0 Å². The van der Waals surface area contributed by atoms with Crippen LogP contribution < -0.4 is 5.73 Å². The fraction of sp³-hybridized carbons (Fsp3) is 0.316. The highest BCUT2D eigenvalue weighted by molar-refractivity contribution is 6.03. The number of nitrogens with two attached hydrogens (primary N) is 1. The zero-order chi connectivity index (χ0) is 15.5. The Morgan fingerprint density at radius 2 is 1.86 bits per heavy atom. The van der Waals surface area contributed by atoms with Gasteiger partial charge in [0.15, 0.2) is 0 Å². The SMILES string of the molecule is CC1CCCCN1C(=O)c1cccc(N)c1-c1ccccc1. The van der Waals surface area contributed by atoms with E-state index >= 15 is 0 Å². The molecule has 0 aromatic heterocycles. The summed E-state index contributed by atoms with van der Waals surface area (Å²) in [5, 5.41) is 0. The minimum Gasteiger partial charge on any atom is -0.398 e. The van der Waals surface area contributed by atoms with Gasteiger partial charge in [0.05, 0.1) is 0 Å². The number of carbonyl (C=O) groups is 1. The van der Waals surface area contributed by atoms with Crippen molar-refractivity contribution < 1.29 is 4.79 Å². The monoisotopic (exact) mass is 294 g/mol. The summed E-state index contributed by atoms with van der Waals surface area (Å²) < 4.78 is 0. The van der Waals surface area contributed by atoms with Crippen LogP contribution in [-0.2, 0) is 0 Å². The van der Waals surface area contributed by atoms with Gasteiger partial charge >= 0.3 is 0 Å². The molecule has 3 nitrogen and oxygen atoms in total. The minimum absolute atomic E-state index is 0.0957. The molecule has 0 saturated carbocycles. The molecule has 1 saturated heterocycles. The maximum atomic E-state index is 13.0. The molecule has 1 aliphatic rings. The van der Waals surface area contributed by atoms with Crippen LogP contribution in [0.3, 0.4) is 0 Å². The number of hydrogen-bond acceptors (Lipinski definition) is 2. The largest absolute Gasteiger partial charge is 0.398 e. The average molecular weight is 294 g/mol. The fourth-order valence-electron chi connectivity index (χ4n) is 3.23. The van der Waals surface area contributed by atoms with Crippen LogP contribution in [0.25, 0.3) is 11.1 Å². The predicted octanol–water partition coefficient (Wildman–Crippen LogP) is 3.95. The number of carbonyl (C=O) groups excluding carboxylic acids is 1. The third-order valence-electron chi connectivity index (χ3n) is 4.45. The van der Waals surface area contributed by atoms with Crippen LogP contribution >= 0.6 is 0 Å². The molecule has 3 rings (SSSR count). The van der Waals surface area contributed by atoms with Crippen molar-refractivity contribution in [2.75, 3.05) is 12.3 Å². The molecular weight excluding hydrogens is 272 g/mol. The lowest BCUT2D eigenvalue weighted by molar-refractivity contribution is 0.0636. The smallest absolute Gasteiger partial charge is 0.254 e. The Kier molecular flexibility index (Phi) is 4.14. The molecule has 2 N–H and O–H groups in total. The lowest BCUT2D eigenvalue weighted by atomic mass is 9.95. The summed E-state index contributed by atoms with van der Waals surface area (Å²) in [4.78, 5) is 15.0. The number of rotatable bonds is 2. The van der Waals surface area contributed by atoms with Gasteiger partial charge < -0.3 is 10.6 Å². The lowest BCUT2D eigenvalue weighted by Crippen LogP contribution is -2.42. The van der Waals surface area contributed by atoms with Crippen molar-refractivity contribution in [2.24, 2.45) is 0 Å². The van der Waals surface area contributed by atoms with E-state index in [4.69, 9.17) is 5.73 Å². The summed E-state index contributed by atoms with van der Waals surface area (Å²) in [6, 6.07) is 15.8. The van der Waals surface area contributed by atoms with Crippen molar-refractivity contribution in [1.82, 2.24) is 4.90 Å². The number of benzene rings is 2. The maximum absolute atomic E-state index is 13.0. The van der Waals surface area contributed by atoms with Gasteiger partial charge in [-0.2, -0.15) is 0 Å². The third kappa shape index (κ3) is 2.71. The summed E-state index contributed by atoms with van der Waals surface area (Å²) in [7, 11) is 0. The Labute approximate surface area is 131 Å². The highest BCUT2D eigenvalue weighted by atomic mass is 16.2. The molecule has 1 heterocycles. The van der Waals surface area contributed by atoms with Crippen LogP contribution in [-0.4, -0.2) is 23.4 Å². The van der Waals surface area contributed by atoms with Gasteiger partial charge in [0, 0.05) is 29.4 Å². The van der Waals surface area contributed by atoms with Gasteiger partial charge in [-0.1, -0.05) is 36.4 Å². The van der Waals surface area contributed by atoms with Gasteiger partial charge in [0.25, 0.3) is 5.91 Å². The van der Waals surface area contributed by atoms with Gasteiger partial charge in [-0.25, -0.2) is 0 Å². The molecule has 2 aromatic rings. The summed E-state index contributed by atoms with van der Waals surface area (Å²) in [5.74, 6) is 0.0957. The van der Waals surface area contributed by atoms with Crippen LogP contribution in [0.4, 0.5) is 5.69 Å². The number of nitrogens with zero attached hydrogens (tertiary/aromatic N) is 1. The van der Waals surface area contributed by atoms with Crippen LogP contribution in [0.15, 0.2) is 48.5 Å². The first-order valence-corrected chi connectivity index (χ1v) is 7.93. The van der Waals surface area contributed by atoms with E-state index in [0.717, 1.165) is 30.5 Å². The van der Waals surface area contributed by atoms with Crippen molar-refractivity contribution in [3.05, 3.63) is 54.1 Å². The number of nitrogen functional groups attached to an aromatic ring is 1. The molecule has 0 radical (unpaired) electrons. The highest BCUT2D eigenvalue weighted by Gasteiger charge is 2.26.